The third-order valence-corrected chi connectivity index (χ3v) is 10.5. The van der Waals surface area contributed by atoms with Crippen molar-refractivity contribution in [2.45, 2.75) is 87.4 Å². The maximum absolute atomic E-state index is 13.3. The summed E-state index contributed by atoms with van der Waals surface area (Å²) in [7, 11) is -13.6. The molecule has 1 N–H and O–H groups in total. The number of alkyl halides is 6. The van der Waals surface area contributed by atoms with Crippen LogP contribution in [0.1, 0.15) is 65.7 Å². The van der Waals surface area contributed by atoms with Crippen molar-refractivity contribution >= 4 is 25.6 Å². The number of halogens is 6. The molecule has 1 rings (SSSR count). The van der Waals surface area contributed by atoms with Crippen LogP contribution in [0.25, 0.3) is 0 Å². The van der Waals surface area contributed by atoms with Gasteiger partial charge in [-0.15, -0.1) is 0 Å². The van der Waals surface area contributed by atoms with E-state index in [2.05, 4.69) is 5.32 Å². The fourth-order valence-corrected chi connectivity index (χ4v) is 7.52. The van der Waals surface area contributed by atoms with Crippen LogP contribution in [0.3, 0.4) is 0 Å². The second-order valence-electron chi connectivity index (χ2n) is 8.32. The molecule has 14 heteroatoms. The van der Waals surface area contributed by atoms with E-state index in [0.717, 1.165) is 0 Å². The Hall–Kier alpha value is -1.05. The highest BCUT2D eigenvalue weighted by Gasteiger charge is 2.65. The Balaban J connectivity index is 3.67. The Morgan fingerprint density at radius 2 is 1.29 bits per heavy atom. The van der Waals surface area contributed by atoms with Crippen LogP contribution in [0, 0.1) is 11.3 Å². The number of amides is 1. The van der Waals surface area contributed by atoms with Gasteiger partial charge in [0.25, 0.3) is 19.7 Å². The minimum atomic E-state index is -6.78. The van der Waals surface area contributed by atoms with Crippen molar-refractivity contribution < 1.29 is 48.0 Å². The highest BCUT2D eigenvalue weighted by molar-refractivity contribution is 8.09. The summed E-state index contributed by atoms with van der Waals surface area (Å²) in [6, 6.07) is -1.49. The molecule has 1 aliphatic rings. The highest BCUT2D eigenvalue weighted by atomic mass is 32.3. The van der Waals surface area contributed by atoms with Crippen molar-refractivity contribution in [1.29, 1.82) is 0 Å². The van der Waals surface area contributed by atoms with E-state index in [1.165, 1.54) is 13.8 Å². The molecule has 0 bridgehead atoms. The van der Waals surface area contributed by atoms with Gasteiger partial charge >= 0.3 is 11.0 Å². The van der Waals surface area contributed by atoms with Gasteiger partial charge in [0.05, 0.1) is 0 Å². The first-order valence-corrected chi connectivity index (χ1v) is 12.8. The average molecular weight is 504 g/mol. The molecule has 31 heavy (non-hydrogen) atoms. The summed E-state index contributed by atoms with van der Waals surface area (Å²) >= 11 is 0. The van der Waals surface area contributed by atoms with E-state index in [-0.39, 0.29) is 25.7 Å². The minimum Gasteiger partial charge on any atom is -0.353 e. The lowest BCUT2D eigenvalue weighted by molar-refractivity contribution is -0.130. The second-order valence-corrected chi connectivity index (χ2v) is 12.7. The van der Waals surface area contributed by atoms with Gasteiger partial charge in [0.1, 0.15) is 0 Å². The predicted molar refractivity (Wildman–Crippen MR) is 101 cm³/mol. The van der Waals surface area contributed by atoms with E-state index >= 15 is 0 Å². The first-order valence-electron chi connectivity index (χ1n) is 9.72. The standard InChI is InChI=1S/C17H27F6NO5S2/c1-4-15(2,3)14(25)24-12-10-8-6-5-7-9-11(12)13(30(26,27)16(18,19)20)31(28,29)17(21,22)23/h11-13H,4-10H2,1-3H3,(H,24,25). The summed E-state index contributed by atoms with van der Waals surface area (Å²) in [5, 5.41) is 2.35. The van der Waals surface area contributed by atoms with E-state index in [9.17, 15) is 48.0 Å². The van der Waals surface area contributed by atoms with Crippen LogP contribution in [0.4, 0.5) is 26.3 Å². The SMILES string of the molecule is CCC(C)(C)C(=O)NC1CCCCCCC1C(S(=O)(=O)C(F)(F)F)S(=O)(=O)C(F)(F)F. The summed E-state index contributed by atoms with van der Waals surface area (Å²) in [4.78, 5) is 12.6. The van der Waals surface area contributed by atoms with Crippen molar-refractivity contribution in [3.05, 3.63) is 0 Å². The monoisotopic (exact) mass is 503 g/mol. The van der Waals surface area contributed by atoms with Gasteiger partial charge in [-0.1, -0.05) is 46.5 Å². The zero-order valence-electron chi connectivity index (χ0n) is 17.3. The zero-order valence-corrected chi connectivity index (χ0v) is 18.9. The maximum atomic E-state index is 13.3. The first kappa shape index (κ1) is 28.0. The number of hydrogen-bond acceptors (Lipinski definition) is 5. The number of nitrogens with one attached hydrogen (secondary N) is 1. The lowest BCUT2D eigenvalue weighted by Gasteiger charge is -2.37. The van der Waals surface area contributed by atoms with Gasteiger partial charge in [-0.2, -0.15) is 26.3 Å². The lowest BCUT2D eigenvalue weighted by atomic mass is 9.85. The molecule has 1 fully saturated rings. The smallest absolute Gasteiger partial charge is 0.353 e. The normalized spacial score (nSPS) is 22.6. The molecule has 0 saturated heterocycles. The lowest BCUT2D eigenvalue weighted by Crippen LogP contribution is -2.56. The van der Waals surface area contributed by atoms with Crippen molar-refractivity contribution in [2.75, 3.05) is 0 Å². The average Bonchev–Trinajstić information content (AvgIpc) is 2.57. The molecule has 0 spiro atoms. The molecular weight excluding hydrogens is 476 g/mol. The van der Waals surface area contributed by atoms with Crippen molar-refractivity contribution in [3.8, 4) is 0 Å². The fraction of sp³-hybridized carbons (Fsp3) is 0.941. The maximum Gasteiger partial charge on any atom is 0.498 e. The molecule has 1 amide bonds. The third-order valence-electron chi connectivity index (χ3n) is 5.74. The number of carbonyl (C=O) groups is 1. The molecule has 0 aromatic heterocycles. The molecule has 0 heterocycles. The Morgan fingerprint density at radius 1 is 0.871 bits per heavy atom. The Bertz CT molecular complexity index is 805. The molecule has 6 nitrogen and oxygen atoms in total. The van der Waals surface area contributed by atoms with Crippen molar-refractivity contribution in [3.63, 3.8) is 0 Å². The van der Waals surface area contributed by atoms with Crippen molar-refractivity contribution in [1.82, 2.24) is 5.32 Å². The van der Waals surface area contributed by atoms with Gasteiger partial charge in [0.2, 0.25) is 5.91 Å². The van der Waals surface area contributed by atoms with Crippen LogP contribution < -0.4 is 5.32 Å². The quantitative estimate of drug-likeness (QED) is 0.551. The molecule has 2 atom stereocenters. The zero-order chi connectivity index (χ0) is 24.5. The summed E-state index contributed by atoms with van der Waals surface area (Å²) in [6.45, 7) is 4.63. The minimum absolute atomic E-state index is 0.0193. The second kappa shape index (κ2) is 9.44. The third kappa shape index (κ3) is 6.05. The number of carbonyl (C=O) groups excluding carboxylic acids is 1. The topological polar surface area (TPSA) is 97.4 Å². The molecule has 1 aliphatic carbocycles. The van der Waals surface area contributed by atoms with E-state index in [4.69, 9.17) is 0 Å². The van der Waals surface area contributed by atoms with Crippen LogP contribution in [0.15, 0.2) is 0 Å². The molecule has 0 radical (unpaired) electrons. The van der Waals surface area contributed by atoms with Gasteiger partial charge in [-0.25, -0.2) is 16.8 Å². The van der Waals surface area contributed by atoms with Crippen LogP contribution in [0.2, 0.25) is 0 Å². The number of rotatable bonds is 6. The molecule has 0 aromatic rings. The van der Waals surface area contributed by atoms with Gasteiger partial charge in [-0.3, -0.25) is 4.79 Å². The summed E-state index contributed by atoms with van der Waals surface area (Å²) in [6.07, 6.45) is 0.827. The van der Waals surface area contributed by atoms with Gasteiger partial charge in [-0.05, 0) is 19.3 Å². The predicted octanol–water partition coefficient (Wildman–Crippen LogP) is 4.07. The van der Waals surface area contributed by atoms with E-state index < -0.39 is 65.0 Å². The highest BCUT2D eigenvalue weighted by Crippen LogP contribution is 2.43. The van der Waals surface area contributed by atoms with Gasteiger partial charge in [0, 0.05) is 17.4 Å². The molecule has 184 valence electrons. The first-order chi connectivity index (χ1) is 13.8. The van der Waals surface area contributed by atoms with Gasteiger partial charge < -0.3 is 5.32 Å². The fourth-order valence-electron chi connectivity index (χ4n) is 3.43. The van der Waals surface area contributed by atoms with Crippen LogP contribution in [0.5, 0.6) is 0 Å². The van der Waals surface area contributed by atoms with E-state index in [1.54, 1.807) is 6.92 Å². The van der Waals surface area contributed by atoms with E-state index in [1.807, 2.05) is 0 Å². The molecule has 2 unspecified atom stereocenters. The van der Waals surface area contributed by atoms with E-state index in [0.29, 0.717) is 12.8 Å². The van der Waals surface area contributed by atoms with Crippen LogP contribution in [-0.2, 0) is 24.5 Å². The molecular formula is C17H27F6NO5S2. The summed E-state index contributed by atoms with van der Waals surface area (Å²) in [5.74, 6) is -2.83. The molecule has 0 aromatic carbocycles. The summed E-state index contributed by atoms with van der Waals surface area (Å²) in [5.41, 5.74) is -13.5. The number of sulfone groups is 2. The number of hydrogen-bond donors (Lipinski definition) is 1. The Labute approximate surface area is 178 Å². The Kier molecular flexibility index (Phi) is 8.52. The largest absolute Gasteiger partial charge is 0.498 e. The van der Waals surface area contributed by atoms with Crippen LogP contribution in [-0.4, -0.2) is 44.4 Å². The van der Waals surface area contributed by atoms with Gasteiger partial charge in [0.15, 0.2) is 4.58 Å². The van der Waals surface area contributed by atoms with Crippen molar-refractivity contribution in [2.24, 2.45) is 11.3 Å². The molecule has 0 aliphatic heterocycles. The Morgan fingerprint density at radius 3 is 1.68 bits per heavy atom. The van der Waals surface area contributed by atoms with Crippen LogP contribution >= 0.6 is 0 Å². The summed E-state index contributed by atoms with van der Waals surface area (Å²) < 4.78 is 124. The molecule has 1 saturated carbocycles.